The third-order valence-corrected chi connectivity index (χ3v) is 3.05. The molecule has 4 nitrogen and oxygen atoms in total. The van der Waals surface area contributed by atoms with E-state index in [2.05, 4.69) is 5.32 Å². The molecule has 0 saturated carbocycles. The molecule has 0 spiro atoms. The Balaban J connectivity index is 2.87. The van der Waals surface area contributed by atoms with Gasteiger partial charge in [-0.3, -0.25) is 9.59 Å². The van der Waals surface area contributed by atoms with Crippen LogP contribution in [-0.4, -0.2) is 28.9 Å². The number of hydrogen-bond acceptors (Lipinski definition) is 3. The Morgan fingerprint density at radius 2 is 2.00 bits per heavy atom. The molecule has 5 heteroatoms. The molecule has 1 amide bonds. The van der Waals surface area contributed by atoms with Gasteiger partial charge in [-0.15, -0.1) is 0 Å². The fraction of sp³-hybridized carbons (Fsp3) is 0.385. The number of hydrogen-bond donors (Lipinski definition) is 2. The zero-order chi connectivity index (χ0) is 13.9. The van der Waals surface area contributed by atoms with Crippen molar-refractivity contribution in [2.75, 3.05) is 0 Å². The molecule has 1 aromatic rings. The van der Waals surface area contributed by atoms with Crippen molar-refractivity contribution in [3.8, 4) is 0 Å². The number of aliphatic hydroxyl groups excluding tert-OH is 1. The summed E-state index contributed by atoms with van der Waals surface area (Å²) in [5, 5.41) is 12.5. The number of Topliss-reactive ketones (excluding diaryl/α,β-unsaturated/α-hetero) is 1. The first kappa shape index (κ1) is 14.7. The maximum atomic E-state index is 11.9. The number of halogens is 1. The van der Waals surface area contributed by atoms with Gasteiger partial charge in [0.05, 0.1) is 6.10 Å². The molecule has 0 bridgehead atoms. The van der Waals surface area contributed by atoms with Gasteiger partial charge in [-0.1, -0.05) is 11.6 Å². The molecule has 2 atom stereocenters. The summed E-state index contributed by atoms with van der Waals surface area (Å²) in [6.07, 6.45) is -0.931. The minimum Gasteiger partial charge on any atom is -0.391 e. The molecule has 0 heterocycles. The molecular weight excluding hydrogens is 254 g/mol. The molecule has 0 aromatic heterocycles. The summed E-state index contributed by atoms with van der Waals surface area (Å²) in [6, 6.07) is 3.94. The number of ketones is 1. The topological polar surface area (TPSA) is 66.4 Å². The van der Waals surface area contributed by atoms with Crippen molar-refractivity contribution in [1.29, 1.82) is 0 Å². The fourth-order valence-corrected chi connectivity index (χ4v) is 1.69. The van der Waals surface area contributed by atoms with Crippen molar-refractivity contribution in [1.82, 2.24) is 5.32 Å². The highest BCUT2D eigenvalue weighted by atomic mass is 35.5. The van der Waals surface area contributed by atoms with E-state index in [0.717, 1.165) is 5.56 Å². The monoisotopic (exact) mass is 269 g/mol. The summed E-state index contributed by atoms with van der Waals surface area (Å²) < 4.78 is 0. The highest BCUT2D eigenvalue weighted by Gasteiger charge is 2.22. The minimum absolute atomic E-state index is 0.288. The highest BCUT2D eigenvalue weighted by Crippen LogP contribution is 2.16. The van der Waals surface area contributed by atoms with Crippen LogP contribution in [0.3, 0.4) is 0 Å². The van der Waals surface area contributed by atoms with Crippen molar-refractivity contribution in [3.05, 3.63) is 34.3 Å². The van der Waals surface area contributed by atoms with E-state index in [4.69, 9.17) is 11.6 Å². The molecule has 2 N–H and O–H groups in total. The van der Waals surface area contributed by atoms with Crippen LogP contribution >= 0.6 is 11.6 Å². The molecule has 2 unspecified atom stereocenters. The Hall–Kier alpha value is -1.39. The Bertz CT molecular complexity index is 471. The van der Waals surface area contributed by atoms with E-state index in [9.17, 15) is 14.7 Å². The number of carbonyl (C=O) groups is 2. The Morgan fingerprint density at radius 3 is 2.44 bits per heavy atom. The lowest BCUT2D eigenvalue weighted by molar-refractivity contribution is -0.121. The van der Waals surface area contributed by atoms with E-state index < -0.39 is 18.1 Å². The van der Waals surface area contributed by atoms with Gasteiger partial charge in [0.2, 0.25) is 0 Å². The standard InChI is InChI=1S/C13H16ClNO3/c1-7-6-10(4-5-11(7)14)13(18)15-12(8(2)16)9(3)17/h4-6,8,12,16H,1-3H3,(H,15,18). The number of nitrogens with one attached hydrogen (secondary N) is 1. The van der Waals surface area contributed by atoms with Gasteiger partial charge < -0.3 is 10.4 Å². The first-order chi connectivity index (χ1) is 8.32. The number of aliphatic hydroxyl groups is 1. The van der Waals surface area contributed by atoms with Crippen LogP contribution in [-0.2, 0) is 4.79 Å². The van der Waals surface area contributed by atoms with Crippen LogP contribution in [0.2, 0.25) is 5.02 Å². The van der Waals surface area contributed by atoms with Gasteiger partial charge in [0.25, 0.3) is 5.91 Å². The van der Waals surface area contributed by atoms with Gasteiger partial charge >= 0.3 is 0 Å². The van der Waals surface area contributed by atoms with Crippen molar-refractivity contribution in [2.24, 2.45) is 0 Å². The number of amides is 1. The van der Waals surface area contributed by atoms with Crippen molar-refractivity contribution in [2.45, 2.75) is 32.9 Å². The Morgan fingerprint density at radius 1 is 1.39 bits per heavy atom. The molecule has 98 valence electrons. The predicted octanol–water partition coefficient (Wildman–Crippen LogP) is 1.72. The SMILES string of the molecule is CC(=O)C(NC(=O)c1ccc(Cl)c(C)c1)C(C)O. The quantitative estimate of drug-likeness (QED) is 0.875. The fourth-order valence-electron chi connectivity index (χ4n) is 1.57. The Labute approximate surface area is 111 Å². The van der Waals surface area contributed by atoms with Crippen LogP contribution in [0.15, 0.2) is 18.2 Å². The molecule has 0 aliphatic rings. The van der Waals surface area contributed by atoms with Crippen LogP contribution in [0.1, 0.15) is 29.8 Å². The lowest BCUT2D eigenvalue weighted by Crippen LogP contribution is -2.46. The zero-order valence-corrected chi connectivity index (χ0v) is 11.3. The minimum atomic E-state index is -0.931. The van der Waals surface area contributed by atoms with E-state index in [1.807, 2.05) is 0 Å². The normalized spacial score (nSPS) is 13.8. The van der Waals surface area contributed by atoms with Gasteiger partial charge in [0, 0.05) is 10.6 Å². The second-order valence-corrected chi connectivity index (χ2v) is 4.67. The summed E-state index contributed by atoms with van der Waals surface area (Å²) in [5.74, 6) is -0.695. The lowest BCUT2D eigenvalue weighted by atomic mass is 10.1. The van der Waals surface area contributed by atoms with Gasteiger partial charge in [-0.05, 0) is 44.5 Å². The average Bonchev–Trinajstić information content (AvgIpc) is 2.28. The highest BCUT2D eigenvalue weighted by molar-refractivity contribution is 6.31. The molecule has 1 rings (SSSR count). The van der Waals surface area contributed by atoms with Gasteiger partial charge in [-0.2, -0.15) is 0 Å². The van der Waals surface area contributed by atoms with Crippen LogP contribution in [0, 0.1) is 6.92 Å². The van der Waals surface area contributed by atoms with Crippen molar-refractivity contribution >= 4 is 23.3 Å². The first-order valence-corrected chi connectivity index (χ1v) is 5.96. The van der Waals surface area contributed by atoms with E-state index in [0.29, 0.717) is 10.6 Å². The summed E-state index contributed by atoms with van der Waals surface area (Å²) in [4.78, 5) is 23.2. The molecule has 0 saturated heterocycles. The van der Waals surface area contributed by atoms with E-state index in [1.54, 1.807) is 25.1 Å². The number of benzene rings is 1. The van der Waals surface area contributed by atoms with Crippen LogP contribution in [0.5, 0.6) is 0 Å². The number of aryl methyl sites for hydroxylation is 1. The van der Waals surface area contributed by atoms with Crippen molar-refractivity contribution in [3.63, 3.8) is 0 Å². The number of carbonyl (C=O) groups excluding carboxylic acids is 2. The van der Waals surface area contributed by atoms with Gasteiger partial charge in [-0.25, -0.2) is 0 Å². The summed E-state index contributed by atoms with van der Waals surface area (Å²) in [6.45, 7) is 4.57. The van der Waals surface area contributed by atoms with E-state index in [-0.39, 0.29) is 5.78 Å². The summed E-state index contributed by atoms with van der Waals surface area (Å²) in [7, 11) is 0. The van der Waals surface area contributed by atoms with Crippen LogP contribution in [0.25, 0.3) is 0 Å². The predicted molar refractivity (Wildman–Crippen MR) is 69.8 cm³/mol. The first-order valence-electron chi connectivity index (χ1n) is 5.58. The smallest absolute Gasteiger partial charge is 0.251 e. The van der Waals surface area contributed by atoms with Crippen LogP contribution < -0.4 is 5.32 Å². The summed E-state index contributed by atoms with van der Waals surface area (Å²) >= 11 is 5.87. The molecule has 0 aliphatic heterocycles. The zero-order valence-electron chi connectivity index (χ0n) is 10.5. The molecule has 1 aromatic carbocycles. The summed E-state index contributed by atoms with van der Waals surface area (Å²) in [5.41, 5.74) is 1.18. The largest absolute Gasteiger partial charge is 0.391 e. The number of rotatable bonds is 4. The average molecular weight is 270 g/mol. The third kappa shape index (κ3) is 3.55. The third-order valence-electron chi connectivity index (χ3n) is 2.63. The molecule has 0 radical (unpaired) electrons. The molecular formula is C13H16ClNO3. The maximum Gasteiger partial charge on any atom is 0.251 e. The molecule has 18 heavy (non-hydrogen) atoms. The van der Waals surface area contributed by atoms with Crippen molar-refractivity contribution < 1.29 is 14.7 Å². The molecule has 0 fully saturated rings. The second kappa shape index (κ2) is 5.98. The Kier molecular flexibility index (Phi) is 4.87. The lowest BCUT2D eigenvalue weighted by Gasteiger charge is -2.18. The van der Waals surface area contributed by atoms with Gasteiger partial charge in [0.15, 0.2) is 5.78 Å². The van der Waals surface area contributed by atoms with Gasteiger partial charge in [0.1, 0.15) is 6.04 Å². The molecule has 0 aliphatic carbocycles. The van der Waals surface area contributed by atoms with E-state index in [1.165, 1.54) is 13.8 Å². The maximum absolute atomic E-state index is 11.9. The van der Waals surface area contributed by atoms with Crippen LogP contribution in [0.4, 0.5) is 0 Å². The second-order valence-electron chi connectivity index (χ2n) is 4.27. The van der Waals surface area contributed by atoms with E-state index >= 15 is 0 Å².